The second-order valence-electron chi connectivity index (χ2n) is 7.95. The first kappa shape index (κ1) is 23.1. The van der Waals surface area contributed by atoms with E-state index in [-0.39, 0.29) is 29.3 Å². The highest BCUT2D eigenvalue weighted by Gasteiger charge is 2.27. The topological polar surface area (TPSA) is 84.9 Å². The number of rotatable bonds is 8. The molecule has 7 nitrogen and oxygen atoms in total. The second-order valence-corrected chi connectivity index (χ2v) is 10.00. The molecular weight excluding hydrogens is 416 g/mol. The molecule has 0 aliphatic carbocycles. The van der Waals surface area contributed by atoms with Gasteiger partial charge in [0.05, 0.1) is 17.5 Å². The van der Waals surface area contributed by atoms with Crippen LogP contribution in [0.25, 0.3) is 0 Å². The van der Waals surface area contributed by atoms with Crippen molar-refractivity contribution in [1.82, 2.24) is 9.62 Å². The molecule has 0 fully saturated rings. The Morgan fingerprint density at radius 2 is 1.71 bits per heavy atom. The Kier molecular flexibility index (Phi) is 7.23. The van der Waals surface area contributed by atoms with E-state index in [1.54, 1.807) is 6.07 Å². The zero-order valence-corrected chi connectivity index (χ0v) is 19.2. The van der Waals surface area contributed by atoms with Crippen molar-refractivity contribution in [2.75, 3.05) is 26.8 Å². The molecule has 0 radical (unpaired) electrons. The fraction of sp³-hybridized carbons (Fsp3) is 0.435. The Morgan fingerprint density at radius 1 is 1.06 bits per heavy atom. The van der Waals surface area contributed by atoms with Crippen molar-refractivity contribution in [2.45, 2.75) is 38.1 Å². The van der Waals surface area contributed by atoms with Crippen LogP contribution in [0.4, 0.5) is 0 Å². The Balaban J connectivity index is 1.70. The first-order chi connectivity index (χ1) is 14.7. The van der Waals surface area contributed by atoms with Gasteiger partial charge in [-0.25, -0.2) is 8.42 Å². The predicted octanol–water partition coefficient (Wildman–Crippen LogP) is 3.15. The second kappa shape index (κ2) is 9.70. The molecule has 1 aliphatic heterocycles. The van der Waals surface area contributed by atoms with Gasteiger partial charge in [-0.15, -0.1) is 0 Å². The molecule has 0 aromatic heterocycles. The largest absolute Gasteiger partial charge is 0.486 e. The van der Waals surface area contributed by atoms with Gasteiger partial charge in [0, 0.05) is 13.1 Å². The van der Waals surface area contributed by atoms with Gasteiger partial charge in [-0.3, -0.25) is 4.79 Å². The van der Waals surface area contributed by atoms with Crippen LogP contribution in [-0.4, -0.2) is 45.4 Å². The lowest BCUT2D eigenvalue weighted by molar-refractivity contribution is -0.122. The van der Waals surface area contributed by atoms with Crippen LogP contribution in [0.1, 0.15) is 37.9 Å². The minimum absolute atomic E-state index is 0.0580. The van der Waals surface area contributed by atoms with Crippen LogP contribution in [0, 0.1) is 5.92 Å². The van der Waals surface area contributed by atoms with Crippen molar-refractivity contribution in [3.63, 3.8) is 0 Å². The minimum atomic E-state index is -3.86. The first-order valence-electron chi connectivity index (χ1n) is 10.5. The number of fused-ring (bicyclic) bond motifs is 1. The highest BCUT2D eigenvalue weighted by atomic mass is 32.2. The lowest BCUT2D eigenvalue weighted by Gasteiger charge is -2.25. The van der Waals surface area contributed by atoms with Crippen LogP contribution >= 0.6 is 0 Å². The summed E-state index contributed by atoms with van der Waals surface area (Å²) in [5.41, 5.74) is 2.22. The highest BCUT2D eigenvalue weighted by Crippen LogP contribution is 2.33. The molecule has 1 N–H and O–H groups in total. The molecule has 168 valence electrons. The summed E-state index contributed by atoms with van der Waals surface area (Å²) in [6.45, 7) is 6.65. The highest BCUT2D eigenvalue weighted by molar-refractivity contribution is 7.89. The third-order valence-electron chi connectivity index (χ3n) is 5.32. The van der Waals surface area contributed by atoms with Crippen molar-refractivity contribution in [3.8, 4) is 11.5 Å². The number of sulfonamides is 1. The van der Waals surface area contributed by atoms with Crippen molar-refractivity contribution in [2.24, 2.45) is 5.92 Å². The lowest BCUT2D eigenvalue weighted by atomic mass is 9.95. The van der Waals surface area contributed by atoms with Gasteiger partial charge in [-0.2, -0.15) is 4.31 Å². The fourth-order valence-electron chi connectivity index (χ4n) is 3.47. The van der Waals surface area contributed by atoms with Gasteiger partial charge < -0.3 is 14.8 Å². The van der Waals surface area contributed by atoms with E-state index in [0.717, 1.165) is 16.3 Å². The molecule has 1 amide bonds. The predicted molar refractivity (Wildman–Crippen MR) is 119 cm³/mol. The third kappa shape index (κ3) is 5.37. The smallest absolute Gasteiger partial charge is 0.243 e. The molecule has 1 atom stereocenters. The van der Waals surface area contributed by atoms with Gasteiger partial charge >= 0.3 is 0 Å². The molecule has 2 aromatic rings. The van der Waals surface area contributed by atoms with E-state index in [9.17, 15) is 13.2 Å². The molecular formula is C23H30N2O5S. The van der Waals surface area contributed by atoms with E-state index < -0.39 is 10.0 Å². The number of nitrogens with zero attached hydrogens (tertiary/aromatic N) is 1. The summed E-state index contributed by atoms with van der Waals surface area (Å²) >= 11 is 0. The maximum Gasteiger partial charge on any atom is 0.243 e. The average molecular weight is 447 g/mol. The van der Waals surface area contributed by atoms with Gasteiger partial charge in [0.1, 0.15) is 13.2 Å². The average Bonchev–Trinajstić information content (AvgIpc) is 2.77. The van der Waals surface area contributed by atoms with Crippen LogP contribution in [0.2, 0.25) is 0 Å². The zero-order valence-electron chi connectivity index (χ0n) is 18.4. The number of carbonyl (C=O) groups is 1. The number of carbonyl (C=O) groups excluding carboxylic acids is 1. The first-order valence-corrected chi connectivity index (χ1v) is 11.9. The minimum Gasteiger partial charge on any atom is -0.486 e. The summed E-state index contributed by atoms with van der Waals surface area (Å²) in [5, 5.41) is 2.98. The summed E-state index contributed by atoms with van der Waals surface area (Å²) in [4.78, 5) is 12.8. The van der Waals surface area contributed by atoms with Crippen molar-refractivity contribution in [1.29, 1.82) is 0 Å². The number of aryl methyl sites for hydroxylation is 1. The van der Waals surface area contributed by atoms with Crippen molar-refractivity contribution >= 4 is 15.9 Å². The summed E-state index contributed by atoms with van der Waals surface area (Å²) in [5.74, 6) is 0.693. The molecule has 31 heavy (non-hydrogen) atoms. The molecule has 1 heterocycles. The van der Waals surface area contributed by atoms with E-state index in [0.29, 0.717) is 24.7 Å². The summed E-state index contributed by atoms with van der Waals surface area (Å²) < 4.78 is 37.9. The van der Waals surface area contributed by atoms with E-state index in [1.807, 2.05) is 26.0 Å². The molecule has 1 unspecified atom stereocenters. The van der Waals surface area contributed by atoms with Crippen LogP contribution in [0.15, 0.2) is 47.4 Å². The number of likely N-dealkylation sites (N-methyl/N-ethyl adjacent to an activating group) is 1. The summed E-state index contributed by atoms with van der Waals surface area (Å²) in [6, 6.07) is 12.4. The number of hydrogen-bond donors (Lipinski definition) is 1. The lowest BCUT2D eigenvalue weighted by Crippen LogP contribution is -2.41. The van der Waals surface area contributed by atoms with E-state index >= 15 is 0 Å². The molecule has 1 aliphatic rings. The Hall–Kier alpha value is -2.58. The quantitative estimate of drug-likeness (QED) is 0.673. The maximum atomic E-state index is 13.0. The van der Waals surface area contributed by atoms with E-state index in [2.05, 4.69) is 24.4 Å². The van der Waals surface area contributed by atoms with Crippen LogP contribution < -0.4 is 14.8 Å². The molecule has 2 aromatic carbocycles. The number of benzene rings is 2. The monoisotopic (exact) mass is 446 g/mol. The molecule has 0 spiro atoms. The van der Waals surface area contributed by atoms with Gasteiger partial charge in [0.25, 0.3) is 0 Å². The van der Waals surface area contributed by atoms with E-state index in [1.165, 1.54) is 24.7 Å². The molecule has 8 heteroatoms. The Labute approximate surface area is 184 Å². The zero-order chi connectivity index (χ0) is 22.6. The number of nitrogens with one attached hydrogen (secondary N) is 1. The fourth-order valence-corrected chi connectivity index (χ4v) is 4.61. The van der Waals surface area contributed by atoms with Crippen LogP contribution in [0.3, 0.4) is 0 Å². The SMILES string of the molecule is CCc1ccc(C(NC(=O)CN(C)S(=O)(=O)c2ccc3c(c2)OCCO3)C(C)C)cc1. The number of ether oxygens (including phenoxy) is 2. The summed E-state index contributed by atoms with van der Waals surface area (Å²) in [7, 11) is -2.47. The van der Waals surface area contributed by atoms with Gasteiger partial charge in [-0.05, 0) is 35.6 Å². The Morgan fingerprint density at radius 3 is 2.32 bits per heavy atom. The number of amides is 1. The molecule has 0 saturated heterocycles. The summed E-state index contributed by atoms with van der Waals surface area (Å²) in [6.07, 6.45) is 0.946. The molecule has 0 bridgehead atoms. The standard InChI is InChI=1S/C23H30N2O5S/c1-5-17-6-8-18(9-7-17)23(16(2)3)24-22(26)15-25(4)31(27,28)19-10-11-20-21(14-19)30-13-12-29-20/h6-11,14,16,23H,5,12-13,15H2,1-4H3,(H,24,26). The van der Waals surface area contributed by atoms with Gasteiger partial charge in [0.15, 0.2) is 11.5 Å². The van der Waals surface area contributed by atoms with Gasteiger partial charge in [-0.1, -0.05) is 45.0 Å². The normalized spacial score (nSPS) is 14.5. The Bertz CT molecular complexity index is 1020. The van der Waals surface area contributed by atoms with Crippen molar-refractivity contribution in [3.05, 3.63) is 53.6 Å². The molecule has 0 saturated carbocycles. The third-order valence-corrected chi connectivity index (χ3v) is 7.12. The van der Waals surface area contributed by atoms with Crippen LogP contribution in [0.5, 0.6) is 11.5 Å². The molecule has 3 rings (SSSR count). The van der Waals surface area contributed by atoms with E-state index in [4.69, 9.17) is 9.47 Å². The maximum absolute atomic E-state index is 13.0. The van der Waals surface area contributed by atoms with Crippen LogP contribution in [-0.2, 0) is 21.2 Å². The van der Waals surface area contributed by atoms with Gasteiger partial charge in [0.2, 0.25) is 15.9 Å². The van der Waals surface area contributed by atoms with Crippen molar-refractivity contribution < 1.29 is 22.7 Å². The number of hydrogen-bond acceptors (Lipinski definition) is 5.